The van der Waals surface area contributed by atoms with E-state index in [0.717, 1.165) is 11.8 Å². The number of aromatic hydroxyl groups is 1. The summed E-state index contributed by atoms with van der Waals surface area (Å²) >= 11 is 1.37. The van der Waals surface area contributed by atoms with Gasteiger partial charge < -0.3 is 122 Å². The number of phenols is 1. The van der Waals surface area contributed by atoms with Crippen LogP contribution >= 0.6 is 11.8 Å². The Morgan fingerprint density at radius 3 is 1.40 bits per heavy atom. The molecule has 3 aromatic rings. The minimum absolute atomic E-state index is 0.000365. The minimum Gasteiger partial charge on any atom is -0.508 e. The van der Waals surface area contributed by atoms with Gasteiger partial charge in [0.1, 0.15) is 84.3 Å². The number of rotatable bonds is 56. The molecule has 5 rings (SSSR count). The molecule has 20 amide bonds. The van der Waals surface area contributed by atoms with E-state index in [-0.39, 0.29) is 102 Å². The monoisotopic (exact) mass is 1860 g/mol. The summed E-state index contributed by atoms with van der Waals surface area (Å²) in [6, 6.07) is -1.37. The van der Waals surface area contributed by atoms with E-state index in [0.29, 0.717) is 28.9 Å². The predicted molar refractivity (Wildman–Crippen MR) is 462 cm³/mol. The van der Waals surface area contributed by atoms with Gasteiger partial charge in [0, 0.05) is 38.8 Å². The first kappa shape index (κ1) is 108. The number of hydrogen-bond acceptors (Lipinski definition) is 28. The van der Waals surface area contributed by atoms with Crippen LogP contribution in [0.15, 0.2) is 84.9 Å². The Kier molecular flexibility index (Phi) is 45.6. The van der Waals surface area contributed by atoms with E-state index in [1.807, 2.05) is 5.32 Å². The fourth-order valence-electron chi connectivity index (χ4n) is 13.8. The summed E-state index contributed by atoms with van der Waals surface area (Å²) in [5.41, 5.74) is 18.3. The van der Waals surface area contributed by atoms with Crippen molar-refractivity contribution >= 4 is 143 Å². The molecule has 0 aromatic heterocycles. The number of thioether (sulfide) groups is 1. The quantitative estimate of drug-likeness (QED) is 0.0184. The average Bonchev–Trinajstić information content (AvgIpc) is 1.66. The fourth-order valence-corrected chi connectivity index (χ4v) is 14.3. The number of imide groups is 2. The molecule has 2 aliphatic rings. The molecular weight excluding hydrogens is 1740 g/mol. The highest BCUT2D eigenvalue weighted by Gasteiger charge is 2.44. The molecule has 0 bridgehead atoms. The van der Waals surface area contributed by atoms with Crippen LogP contribution in [-0.4, -0.2) is 308 Å². The second kappa shape index (κ2) is 55.3. The summed E-state index contributed by atoms with van der Waals surface area (Å²) in [7, 11) is 0. The van der Waals surface area contributed by atoms with E-state index in [1.54, 1.807) is 86.1 Å². The van der Waals surface area contributed by atoms with Gasteiger partial charge in [0.25, 0.3) is 0 Å². The number of aliphatic hydroxyl groups is 2. The average molecular weight is 1860 g/mol. The lowest BCUT2D eigenvalue weighted by Gasteiger charge is -2.32. The molecule has 26 N–H and O–H groups in total. The number of amides is 20. The lowest BCUT2D eigenvalue weighted by Crippen LogP contribution is -2.62. The Morgan fingerprint density at radius 1 is 0.473 bits per heavy atom. The van der Waals surface area contributed by atoms with Crippen LogP contribution in [-0.2, 0) is 125 Å². The van der Waals surface area contributed by atoms with Crippen LogP contribution in [0.2, 0.25) is 0 Å². The molecule has 15 atom stereocenters. The summed E-state index contributed by atoms with van der Waals surface area (Å²) in [6.07, 6.45) is -4.03. The number of hydrogen-bond donors (Lipinski definition) is 23. The fraction of sp³-hybridized carbons (Fsp3) is 0.518. The lowest BCUT2D eigenvalue weighted by atomic mass is 9.99. The van der Waals surface area contributed by atoms with Gasteiger partial charge in [-0.25, -0.2) is 4.79 Å². The molecule has 0 spiro atoms. The molecule has 47 nitrogen and oxygen atoms in total. The predicted octanol–water partition coefficient (Wildman–Crippen LogP) is -8.64. The van der Waals surface area contributed by atoms with Crippen molar-refractivity contribution in [1.82, 2.24) is 89.6 Å². The first-order valence-corrected chi connectivity index (χ1v) is 43.4. The van der Waals surface area contributed by atoms with Crippen LogP contribution in [0.1, 0.15) is 121 Å². The number of nitrogens with two attached hydrogens (primary N) is 3. The number of aliphatic hydroxyl groups excluding tert-OH is 2. The number of carboxylic acid groups (broad SMARTS) is 2. The van der Waals surface area contributed by atoms with Gasteiger partial charge in [0.15, 0.2) is 0 Å². The SMILES string of the molecule is CSCC[C@H](N)C(=O)N[C@@H](CC(=O)NC=O)C(=O)NCC(=O)N[C@H](C(=O)N[C@@H](CCC(=O)O)C(=O)NCC(=O)N1CCC[C@H]1C(=O)N[C@@H](CC(N)=O)C(=O)N[C@@H](Cc1ccccc1)C(=O)N[C@@H](Cc1ccc(O)cc1)C(=O)N[C@H](C(=O)N1CCC[C@H]1C(=O)N[C@@H](Cc1ccccc1)C(=O)N[C@@H](CO)C(=O)N[C@@H](CC(=O)NC=O)C(=O)N[C@@H](CCCCN)C(=O)O)C(C)C)[C@@H](C)O. The number of primary amides is 1. The minimum atomic E-state index is -1.92. The summed E-state index contributed by atoms with van der Waals surface area (Å²) in [5.74, 6) is -22.8. The molecule has 0 aliphatic carbocycles. The number of unbranched alkanes of at least 4 members (excludes halogenated alkanes) is 1. The molecular formula is C83H116N20O27S. The maximum atomic E-state index is 15.1. The highest BCUT2D eigenvalue weighted by atomic mass is 32.2. The Hall–Kier alpha value is -13.6. The molecule has 0 unspecified atom stereocenters. The van der Waals surface area contributed by atoms with Gasteiger partial charge in [-0.05, 0) is 118 Å². The molecule has 2 fully saturated rings. The van der Waals surface area contributed by atoms with Crippen LogP contribution in [0.5, 0.6) is 5.75 Å². The van der Waals surface area contributed by atoms with E-state index >= 15 is 14.4 Å². The van der Waals surface area contributed by atoms with E-state index in [2.05, 4.69) is 69.1 Å². The zero-order valence-corrected chi connectivity index (χ0v) is 73.3. The van der Waals surface area contributed by atoms with E-state index in [9.17, 15) is 117 Å². The number of nitrogens with one attached hydrogen (secondary N) is 15. The van der Waals surface area contributed by atoms with Crippen LogP contribution in [0, 0.1) is 5.92 Å². The first-order valence-electron chi connectivity index (χ1n) is 42.0. The number of phenolic OH excluding ortho intramolecular Hbond substituents is 1. The molecule has 131 heavy (non-hydrogen) atoms. The summed E-state index contributed by atoms with van der Waals surface area (Å²) in [4.78, 5) is 297. The van der Waals surface area contributed by atoms with Gasteiger partial charge in [-0.1, -0.05) is 86.6 Å². The molecule has 48 heteroatoms. The molecule has 2 saturated heterocycles. The van der Waals surface area contributed by atoms with Crippen molar-refractivity contribution in [3.8, 4) is 5.75 Å². The van der Waals surface area contributed by atoms with E-state index < -0.39 is 267 Å². The number of likely N-dealkylation sites (tertiary alicyclic amines) is 2. The molecule has 2 aliphatic heterocycles. The smallest absolute Gasteiger partial charge is 0.326 e. The Bertz CT molecular complexity index is 4520. The number of aliphatic carboxylic acids is 2. The van der Waals surface area contributed by atoms with Gasteiger partial charge in [-0.2, -0.15) is 11.8 Å². The van der Waals surface area contributed by atoms with Crippen LogP contribution in [0.25, 0.3) is 0 Å². The maximum Gasteiger partial charge on any atom is 0.326 e. The summed E-state index contributed by atoms with van der Waals surface area (Å²) in [6.45, 7) is 1.13. The van der Waals surface area contributed by atoms with E-state index in [1.165, 1.54) is 40.9 Å². The highest BCUT2D eigenvalue weighted by molar-refractivity contribution is 7.98. The third kappa shape index (κ3) is 36.5. The van der Waals surface area contributed by atoms with E-state index in [4.69, 9.17) is 17.2 Å². The van der Waals surface area contributed by atoms with Crippen molar-refractivity contribution in [2.45, 2.75) is 214 Å². The van der Waals surface area contributed by atoms with Crippen molar-refractivity contribution in [3.05, 3.63) is 102 Å². The summed E-state index contributed by atoms with van der Waals surface area (Å²) < 4.78 is 0. The normalized spacial score (nSPS) is 16.3. The topological polar surface area (TPSA) is 742 Å². The first-order chi connectivity index (χ1) is 62.2. The second-order valence-corrected chi connectivity index (χ2v) is 32.2. The van der Waals surface area contributed by atoms with Crippen molar-refractivity contribution in [1.29, 1.82) is 0 Å². The number of carbonyl (C=O) groups is 22. The standard InChI is InChI=1S/C83H116N20O27S/c1-44(2)68(82(128)103-31-14-21-61(103)80(126)97-54(34-47-17-9-6-10-18-47)74(120)99-59(41-104)78(124)96-58(38-64(111)90-43-106)76(122)92-52(83(129)130)19-11-12-29-84)101-77(123)55(35-48-22-24-49(108)25-23-48)95-73(119)53(33-46-15-7-5-8-16-46)94-75(121)56(36-62(86)109)98-79(125)60-20-13-30-102(60)66(113)40-88-71(117)51(26-27-67(114)115)91-81(127)69(45(3)107)100-65(112)39-87-72(118)57(37-63(110)89-42-105)93-70(116)50(85)28-32-131-4/h5-10,15-18,22-25,42-45,50-61,68-69,104,107-108H,11-14,19-21,26-41,84-85H2,1-4H3,(H2,86,109)(H,87,118)(H,88,117)(H,91,127)(H,92,122)(H,93,116)(H,94,121)(H,95,119)(H,96,124)(H,97,126)(H,98,125)(H,99,120)(H,100,112)(H,101,123)(H,114,115)(H,129,130)(H,89,105,110)(H,90,106,111)/t45-,50+,51+,52+,53+,54+,55+,56+,57+,58+,59+,60+,61+,68+,69+/m1/s1. The molecule has 3 aromatic carbocycles. The number of benzene rings is 3. The van der Waals surface area contributed by atoms with Crippen LogP contribution in [0.4, 0.5) is 0 Å². The van der Waals surface area contributed by atoms with Gasteiger partial charge in [-0.3, -0.25) is 111 Å². The zero-order chi connectivity index (χ0) is 97.1. The molecule has 0 saturated carbocycles. The van der Waals surface area contributed by atoms with Gasteiger partial charge >= 0.3 is 11.9 Å². The number of carboxylic acids is 2. The summed E-state index contributed by atoms with van der Waals surface area (Å²) in [5, 5.41) is 85.2. The molecule has 0 radical (unpaired) electrons. The van der Waals surface area contributed by atoms with Gasteiger partial charge in [0.2, 0.25) is 119 Å². The number of carbonyl (C=O) groups excluding carboxylic acids is 20. The Morgan fingerprint density at radius 2 is 0.908 bits per heavy atom. The van der Waals surface area contributed by atoms with Crippen molar-refractivity contribution in [2.24, 2.45) is 23.1 Å². The Labute approximate surface area is 756 Å². The third-order valence-electron chi connectivity index (χ3n) is 20.9. The van der Waals surface area contributed by atoms with Crippen LogP contribution in [0.3, 0.4) is 0 Å². The second-order valence-electron chi connectivity index (χ2n) is 31.3. The van der Waals surface area contributed by atoms with Gasteiger partial charge in [-0.15, -0.1) is 0 Å². The Balaban J connectivity index is 1.33. The van der Waals surface area contributed by atoms with Crippen LogP contribution < -0.4 is 97.0 Å². The van der Waals surface area contributed by atoms with Crippen molar-refractivity contribution in [3.63, 3.8) is 0 Å². The van der Waals surface area contributed by atoms with Crippen molar-refractivity contribution < 1.29 is 131 Å². The largest absolute Gasteiger partial charge is 0.508 e. The van der Waals surface area contributed by atoms with Crippen molar-refractivity contribution in [2.75, 3.05) is 51.3 Å². The maximum absolute atomic E-state index is 15.1. The van der Waals surface area contributed by atoms with Gasteiger partial charge in [0.05, 0.1) is 51.1 Å². The lowest BCUT2D eigenvalue weighted by molar-refractivity contribution is -0.143. The zero-order valence-electron chi connectivity index (χ0n) is 72.5. The molecule has 2 heterocycles. The highest BCUT2D eigenvalue weighted by Crippen LogP contribution is 2.24. The number of nitrogens with zero attached hydrogens (tertiary/aromatic N) is 2. The molecule has 716 valence electrons. The third-order valence-corrected chi connectivity index (χ3v) is 21.5.